The van der Waals surface area contributed by atoms with Gasteiger partial charge < -0.3 is 0 Å². The first-order chi connectivity index (χ1) is 8.56. The minimum atomic E-state index is -0.414. The Morgan fingerprint density at radius 3 is 2.39 bits per heavy atom. The van der Waals surface area contributed by atoms with E-state index in [-0.39, 0.29) is 23.7 Å². The van der Waals surface area contributed by atoms with Gasteiger partial charge in [-0.25, -0.2) is 4.39 Å². The Morgan fingerprint density at radius 1 is 1.17 bits per heavy atom. The van der Waals surface area contributed by atoms with Gasteiger partial charge in [0.1, 0.15) is 11.5 Å². The molecule has 1 aromatic carbocycles. The van der Waals surface area contributed by atoms with Crippen molar-refractivity contribution in [3.8, 4) is 0 Å². The van der Waals surface area contributed by atoms with Crippen LogP contribution in [0, 0.1) is 5.82 Å². The summed E-state index contributed by atoms with van der Waals surface area (Å²) in [4.78, 5) is 23.5. The van der Waals surface area contributed by atoms with Crippen molar-refractivity contribution in [3.05, 3.63) is 53.6 Å². The van der Waals surface area contributed by atoms with Crippen molar-refractivity contribution in [1.29, 1.82) is 0 Å². The van der Waals surface area contributed by atoms with E-state index in [0.717, 1.165) is 0 Å². The Bertz CT molecular complexity index is 587. The molecule has 4 nitrogen and oxygen atoms in total. The van der Waals surface area contributed by atoms with Gasteiger partial charge in [-0.15, -0.1) is 0 Å². The van der Waals surface area contributed by atoms with E-state index in [4.69, 9.17) is 0 Å². The van der Waals surface area contributed by atoms with Crippen molar-refractivity contribution in [2.75, 3.05) is 0 Å². The zero-order valence-electron chi connectivity index (χ0n) is 9.76. The van der Waals surface area contributed by atoms with Gasteiger partial charge in [0.15, 0.2) is 11.6 Å². The number of benzene rings is 1. The number of halogens is 1. The zero-order valence-corrected chi connectivity index (χ0v) is 9.76. The first-order valence-electron chi connectivity index (χ1n) is 5.38. The number of nitrogens with zero attached hydrogens (tertiary/aromatic N) is 2. The summed E-state index contributed by atoms with van der Waals surface area (Å²) in [7, 11) is 1.69. The minimum absolute atomic E-state index is 0.257. The number of aryl methyl sites for hydroxylation is 1. The van der Waals surface area contributed by atoms with Gasteiger partial charge in [-0.2, -0.15) is 5.10 Å². The topological polar surface area (TPSA) is 52.0 Å². The van der Waals surface area contributed by atoms with Crippen LogP contribution in [0.25, 0.3) is 0 Å². The van der Waals surface area contributed by atoms with Crippen LogP contribution in [0.5, 0.6) is 0 Å². The van der Waals surface area contributed by atoms with Crippen LogP contribution in [0.2, 0.25) is 0 Å². The molecule has 1 heterocycles. The standard InChI is InChI=1S/C13H11FN2O2/c1-16-7-6-11(15-16)13(18)8-12(17)9-2-4-10(14)5-3-9/h2-7H,8H2,1H3. The van der Waals surface area contributed by atoms with Crippen LogP contribution >= 0.6 is 0 Å². The summed E-state index contributed by atoms with van der Waals surface area (Å²) >= 11 is 0. The predicted molar refractivity (Wildman–Crippen MR) is 62.9 cm³/mol. The average Bonchev–Trinajstić information content (AvgIpc) is 2.76. The molecule has 0 bridgehead atoms. The SMILES string of the molecule is Cn1ccc(C(=O)CC(=O)c2ccc(F)cc2)n1. The van der Waals surface area contributed by atoms with E-state index >= 15 is 0 Å². The quantitative estimate of drug-likeness (QED) is 0.612. The predicted octanol–water partition coefficient (Wildman–Crippen LogP) is 2.01. The number of hydrogen-bond donors (Lipinski definition) is 0. The maximum atomic E-state index is 12.7. The van der Waals surface area contributed by atoms with Gasteiger partial charge in [0.25, 0.3) is 0 Å². The molecule has 0 unspecified atom stereocenters. The number of carbonyl (C=O) groups is 2. The van der Waals surface area contributed by atoms with Crippen LogP contribution in [-0.4, -0.2) is 21.3 Å². The molecule has 18 heavy (non-hydrogen) atoms. The fourth-order valence-corrected chi connectivity index (χ4v) is 1.54. The number of carbonyl (C=O) groups excluding carboxylic acids is 2. The maximum absolute atomic E-state index is 12.7. The van der Waals surface area contributed by atoms with Crippen LogP contribution in [0.1, 0.15) is 27.3 Å². The van der Waals surface area contributed by atoms with Crippen LogP contribution in [-0.2, 0) is 7.05 Å². The van der Waals surface area contributed by atoms with E-state index in [1.54, 1.807) is 19.3 Å². The summed E-state index contributed by atoms with van der Waals surface area (Å²) in [5.74, 6) is -1.10. The first-order valence-corrected chi connectivity index (χ1v) is 5.38. The second-order valence-corrected chi connectivity index (χ2v) is 3.90. The lowest BCUT2D eigenvalue weighted by molar-refractivity contribution is 0.0891. The van der Waals surface area contributed by atoms with E-state index in [0.29, 0.717) is 5.56 Å². The molecule has 2 aromatic rings. The van der Waals surface area contributed by atoms with Crippen molar-refractivity contribution in [2.45, 2.75) is 6.42 Å². The third-order valence-corrected chi connectivity index (χ3v) is 2.49. The molecule has 0 spiro atoms. The van der Waals surface area contributed by atoms with Gasteiger partial charge in [0, 0.05) is 18.8 Å². The fraction of sp³-hybridized carbons (Fsp3) is 0.154. The highest BCUT2D eigenvalue weighted by Gasteiger charge is 2.15. The molecule has 0 radical (unpaired) electrons. The summed E-state index contributed by atoms with van der Waals surface area (Å²) in [6.07, 6.45) is 1.37. The highest BCUT2D eigenvalue weighted by Crippen LogP contribution is 2.08. The van der Waals surface area contributed by atoms with Gasteiger partial charge in [-0.1, -0.05) is 0 Å². The summed E-state index contributed by atoms with van der Waals surface area (Å²) < 4.78 is 14.2. The third-order valence-electron chi connectivity index (χ3n) is 2.49. The van der Waals surface area contributed by atoms with Gasteiger partial charge in [0.2, 0.25) is 0 Å². The Kier molecular flexibility index (Phi) is 3.32. The van der Waals surface area contributed by atoms with Crippen molar-refractivity contribution in [2.24, 2.45) is 7.05 Å². The zero-order chi connectivity index (χ0) is 13.1. The summed E-state index contributed by atoms with van der Waals surface area (Å²) in [6.45, 7) is 0. The molecule has 0 saturated carbocycles. The molecule has 1 aromatic heterocycles. The Labute approximate surface area is 103 Å². The fourth-order valence-electron chi connectivity index (χ4n) is 1.54. The molecule has 0 aliphatic heterocycles. The van der Waals surface area contributed by atoms with Crippen LogP contribution in [0.15, 0.2) is 36.5 Å². The monoisotopic (exact) mass is 246 g/mol. The number of hydrogen-bond acceptors (Lipinski definition) is 3. The molecule has 0 N–H and O–H groups in total. The van der Waals surface area contributed by atoms with E-state index < -0.39 is 5.82 Å². The number of ketones is 2. The van der Waals surface area contributed by atoms with Crippen LogP contribution in [0.3, 0.4) is 0 Å². The molecule has 92 valence electrons. The second-order valence-electron chi connectivity index (χ2n) is 3.90. The molecule has 0 fully saturated rings. The molecule has 0 atom stereocenters. The highest BCUT2D eigenvalue weighted by atomic mass is 19.1. The van der Waals surface area contributed by atoms with Crippen molar-refractivity contribution < 1.29 is 14.0 Å². The van der Waals surface area contributed by atoms with E-state index in [1.807, 2.05) is 0 Å². The van der Waals surface area contributed by atoms with E-state index in [9.17, 15) is 14.0 Å². The van der Waals surface area contributed by atoms with Crippen LogP contribution < -0.4 is 0 Å². The first kappa shape index (κ1) is 12.2. The summed E-state index contributed by atoms with van der Waals surface area (Å²) in [5.41, 5.74) is 0.577. The molecule has 2 rings (SSSR count). The summed E-state index contributed by atoms with van der Waals surface area (Å²) in [5, 5.41) is 3.93. The minimum Gasteiger partial charge on any atom is -0.294 e. The molecule has 0 saturated heterocycles. The van der Waals surface area contributed by atoms with Gasteiger partial charge >= 0.3 is 0 Å². The molecule has 0 aliphatic carbocycles. The molecular formula is C13H11FN2O2. The van der Waals surface area contributed by atoms with Crippen molar-refractivity contribution >= 4 is 11.6 Å². The largest absolute Gasteiger partial charge is 0.294 e. The molecular weight excluding hydrogens is 235 g/mol. The number of rotatable bonds is 4. The number of Topliss-reactive ketones (excluding diaryl/α,β-unsaturated/α-hetero) is 2. The van der Waals surface area contributed by atoms with Crippen molar-refractivity contribution in [1.82, 2.24) is 9.78 Å². The second kappa shape index (κ2) is 4.91. The van der Waals surface area contributed by atoms with Gasteiger partial charge in [-0.3, -0.25) is 14.3 Å². The molecule has 0 aliphatic rings. The van der Waals surface area contributed by atoms with E-state index in [2.05, 4.69) is 5.10 Å². The van der Waals surface area contributed by atoms with Gasteiger partial charge in [0.05, 0.1) is 6.42 Å². The summed E-state index contributed by atoms with van der Waals surface area (Å²) in [6, 6.07) is 6.67. The number of aromatic nitrogens is 2. The van der Waals surface area contributed by atoms with E-state index in [1.165, 1.54) is 28.9 Å². The Morgan fingerprint density at radius 2 is 1.83 bits per heavy atom. The maximum Gasteiger partial charge on any atom is 0.190 e. The smallest absolute Gasteiger partial charge is 0.190 e. The average molecular weight is 246 g/mol. The highest BCUT2D eigenvalue weighted by molar-refractivity contribution is 6.12. The van der Waals surface area contributed by atoms with Gasteiger partial charge in [-0.05, 0) is 30.3 Å². The molecule has 0 amide bonds. The third kappa shape index (κ3) is 2.68. The lowest BCUT2D eigenvalue weighted by atomic mass is 10.0. The normalized spacial score (nSPS) is 10.3. The lowest BCUT2D eigenvalue weighted by Crippen LogP contribution is -2.09. The lowest BCUT2D eigenvalue weighted by Gasteiger charge is -1.99. The van der Waals surface area contributed by atoms with Crippen molar-refractivity contribution in [3.63, 3.8) is 0 Å². The Hall–Kier alpha value is -2.30. The Balaban J connectivity index is 2.08. The molecule has 5 heteroatoms. The van der Waals surface area contributed by atoms with Crippen LogP contribution in [0.4, 0.5) is 4.39 Å².